The van der Waals surface area contributed by atoms with Gasteiger partial charge in [-0.05, 0) is 31.0 Å². The molecule has 0 radical (unpaired) electrons. The topological polar surface area (TPSA) is 67.5 Å². The van der Waals surface area contributed by atoms with Gasteiger partial charge in [0.25, 0.3) is 0 Å². The summed E-state index contributed by atoms with van der Waals surface area (Å²) in [6, 6.07) is 6.37. The molecule has 1 atom stereocenters. The number of carbonyl (C=O) groups excluding carboxylic acids is 1. The minimum atomic E-state index is 0.161. The van der Waals surface area contributed by atoms with Crippen molar-refractivity contribution in [3.05, 3.63) is 30.2 Å². The van der Waals surface area contributed by atoms with Crippen molar-refractivity contribution < 1.29 is 14.3 Å². The highest BCUT2D eigenvalue weighted by Gasteiger charge is 2.37. The van der Waals surface area contributed by atoms with E-state index in [9.17, 15) is 4.79 Å². The van der Waals surface area contributed by atoms with Crippen molar-refractivity contribution in [3.8, 4) is 22.8 Å². The number of hydrogen-bond donors (Lipinski definition) is 1. The Hall–Kier alpha value is -2.50. The molecule has 3 aliphatic rings. The molecule has 1 aromatic carbocycles. The van der Waals surface area contributed by atoms with Gasteiger partial charge in [0.15, 0.2) is 11.5 Å². The molecule has 1 amide bonds. The zero-order valence-corrected chi connectivity index (χ0v) is 14.7. The van der Waals surface area contributed by atoms with Crippen LogP contribution in [-0.2, 0) is 4.79 Å². The van der Waals surface area contributed by atoms with Crippen molar-refractivity contribution in [1.82, 2.24) is 14.9 Å². The Morgan fingerprint density at radius 2 is 1.92 bits per heavy atom. The number of H-pyrrole nitrogens is 1. The molecule has 136 valence electrons. The van der Waals surface area contributed by atoms with Gasteiger partial charge in [-0.3, -0.25) is 4.79 Å². The van der Waals surface area contributed by atoms with E-state index in [2.05, 4.69) is 14.9 Å². The molecule has 2 fully saturated rings. The summed E-state index contributed by atoms with van der Waals surface area (Å²) >= 11 is 0. The highest BCUT2D eigenvalue weighted by Crippen LogP contribution is 2.36. The minimum absolute atomic E-state index is 0.161. The molecule has 1 saturated heterocycles. The van der Waals surface area contributed by atoms with E-state index in [1.54, 1.807) is 0 Å². The van der Waals surface area contributed by atoms with E-state index in [1.165, 1.54) is 12.8 Å². The lowest BCUT2D eigenvalue weighted by Gasteiger charge is -2.23. The highest BCUT2D eigenvalue weighted by atomic mass is 16.6. The van der Waals surface area contributed by atoms with E-state index in [1.807, 2.05) is 24.4 Å². The first kappa shape index (κ1) is 15.7. The van der Waals surface area contributed by atoms with Crippen molar-refractivity contribution in [2.45, 2.75) is 44.1 Å². The molecule has 0 bridgehead atoms. The number of ether oxygens (including phenoxy) is 2. The van der Waals surface area contributed by atoms with E-state index < -0.39 is 0 Å². The Labute approximate surface area is 152 Å². The first-order valence-electron chi connectivity index (χ1n) is 9.52. The summed E-state index contributed by atoms with van der Waals surface area (Å²) in [4.78, 5) is 22.5. The monoisotopic (exact) mass is 353 g/mol. The first-order valence-corrected chi connectivity index (χ1v) is 9.52. The third-order valence-electron chi connectivity index (χ3n) is 5.76. The molecule has 5 rings (SSSR count). The summed E-state index contributed by atoms with van der Waals surface area (Å²) in [5.41, 5.74) is 1.97. The maximum Gasteiger partial charge on any atom is 0.223 e. The average molecular weight is 353 g/mol. The van der Waals surface area contributed by atoms with Crippen molar-refractivity contribution >= 4 is 5.91 Å². The van der Waals surface area contributed by atoms with Crippen LogP contribution >= 0.6 is 0 Å². The number of likely N-dealkylation sites (tertiary alicyclic amines) is 1. The van der Waals surface area contributed by atoms with Crippen molar-refractivity contribution in [1.29, 1.82) is 0 Å². The Bertz CT molecular complexity index is 825. The van der Waals surface area contributed by atoms with E-state index >= 15 is 0 Å². The third-order valence-corrected chi connectivity index (χ3v) is 5.76. The summed E-state index contributed by atoms with van der Waals surface area (Å²) in [6.07, 6.45) is 7.20. The molecule has 2 aromatic rings. The lowest BCUT2D eigenvalue weighted by Crippen LogP contribution is -2.34. The van der Waals surface area contributed by atoms with E-state index in [0.29, 0.717) is 25.7 Å². The molecular weight excluding hydrogens is 330 g/mol. The predicted octanol–water partition coefficient (Wildman–Crippen LogP) is 3.11. The van der Waals surface area contributed by atoms with Gasteiger partial charge in [-0.1, -0.05) is 12.8 Å². The van der Waals surface area contributed by atoms with Crippen LogP contribution in [0.4, 0.5) is 0 Å². The SMILES string of the molecule is O=C1CC(c2ncc(-c3ccc4c(c3)OCCO4)[nH]2)CN1C1CCCC1. The summed E-state index contributed by atoms with van der Waals surface area (Å²) in [7, 11) is 0. The van der Waals surface area contributed by atoms with E-state index in [0.717, 1.165) is 48.0 Å². The fourth-order valence-corrected chi connectivity index (χ4v) is 4.39. The molecule has 1 N–H and O–H groups in total. The number of amides is 1. The van der Waals surface area contributed by atoms with Gasteiger partial charge in [-0.15, -0.1) is 0 Å². The molecule has 3 heterocycles. The van der Waals surface area contributed by atoms with Gasteiger partial charge in [0.2, 0.25) is 5.91 Å². The maximum absolute atomic E-state index is 12.4. The Morgan fingerprint density at radius 1 is 1.12 bits per heavy atom. The number of nitrogens with one attached hydrogen (secondary N) is 1. The molecule has 6 heteroatoms. The second kappa shape index (κ2) is 6.34. The number of carbonyl (C=O) groups is 1. The van der Waals surface area contributed by atoms with Crippen LogP contribution in [0.1, 0.15) is 43.8 Å². The quantitative estimate of drug-likeness (QED) is 0.921. The highest BCUT2D eigenvalue weighted by molar-refractivity contribution is 5.80. The Balaban J connectivity index is 1.35. The molecule has 2 aliphatic heterocycles. The van der Waals surface area contributed by atoms with E-state index in [4.69, 9.17) is 9.47 Å². The number of aromatic amines is 1. The van der Waals surface area contributed by atoms with Crippen LogP contribution < -0.4 is 9.47 Å². The minimum Gasteiger partial charge on any atom is -0.486 e. The van der Waals surface area contributed by atoms with Crippen LogP contribution in [0.3, 0.4) is 0 Å². The molecule has 6 nitrogen and oxygen atoms in total. The van der Waals surface area contributed by atoms with Gasteiger partial charge < -0.3 is 19.4 Å². The standard InChI is InChI=1S/C20H23N3O3/c24-19-10-14(12-23(19)15-3-1-2-4-15)20-21-11-16(22-20)13-5-6-17-18(9-13)26-8-7-25-17/h5-6,9,11,14-15H,1-4,7-8,10,12H2,(H,21,22). The number of fused-ring (bicyclic) bond motifs is 1. The van der Waals surface area contributed by atoms with Crippen molar-refractivity contribution in [2.75, 3.05) is 19.8 Å². The second-order valence-corrected chi connectivity index (χ2v) is 7.43. The number of aromatic nitrogens is 2. The molecule has 1 saturated carbocycles. The van der Waals surface area contributed by atoms with Gasteiger partial charge in [-0.25, -0.2) is 4.98 Å². The van der Waals surface area contributed by atoms with Gasteiger partial charge in [0.05, 0.1) is 11.9 Å². The zero-order valence-electron chi connectivity index (χ0n) is 14.7. The number of benzene rings is 1. The van der Waals surface area contributed by atoms with Crippen LogP contribution in [0.5, 0.6) is 11.5 Å². The molecule has 1 unspecified atom stereocenters. The average Bonchev–Trinajstić information content (AvgIpc) is 3.41. The predicted molar refractivity (Wildman–Crippen MR) is 96.3 cm³/mol. The molecule has 0 spiro atoms. The maximum atomic E-state index is 12.4. The van der Waals surface area contributed by atoms with Crippen LogP contribution in [0, 0.1) is 0 Å². The van der Waals surface area contributed by atoms with Crippen LogP contribution in [-0.4, -0.2) is 46.6 Å². The molecule has 1 aliphatic carbocycles. The summed E-state index contributed by atoms with van der Waals surface area (Å²) in [6.45, 7) is 1.96. The normalized spacial score (nSPS) is 23.0. The largest absolute Gasteiger partial charge is 0.486 e. The first-order chi connectivity index (χ1) is 12.8. The Kier molecular flexibility index (Phi) is 3.84. The van der Waals surface area contributed by atoms with Gasteiger partial charge >= 0.3 is 0 Å². The smallest absolute Gasteiger partial charge is 0.223 e. The van der Waals surface area contributed by atoms with Gasteiger partial charge in [0.1, 0.15) is 19.0 Å². The van der Waals surface area contributed by atoms with Crippen LogP contribution in [0.25, 0.3) is 11.3 Å². The second-order valence-electron chi connectivity index (χ2n) is 7.43. The zero-order chi connectivity index (χ0) is 17.5. The van der Waals surface area contributed by atoms with Crippen LogP contribution in [0.15, 0.2) is 24.4 Å². The molecule has 1 aromatic heterocycles. The number of imidazole rings is 1. The number of rotatable bonds is 3. The Morgan fingerprint density at radius 3 is 2.77 bits per heavy atom. The van der Waals surface area contributed by atoms with Crippen molar-refractivity contribution in [3.63, 3.8) is 0 Å². The summed E-state index contributed by atoms with van der Waals surface area (Å²) < 4.78 is 11.2. The van der Waals surface area contributed by atoms with Crippen molar-refractivity contribution in [2.24, 2.45) is 0 Å². The number of hydrogen-bond acceptors (Lipinski definition) is 4. The fourth-order valence-electron chi connectivity index (χ4n) is 4.39. The lowest BCUT2D eigenvalue weighted by atomic mass is 10.1. The number of nitrogens with zero attached hydrogens (tertiary/aromatic N) is 2. The lowest BCUT2D eigenvalue weighted by molar-refractivity contribution is -0.129. The summed E-state index contributed by atoms with van der Waals surface area (Å²) in [5.74, 6) is 2.90. The third kappa shape index (κ3) is 2.73. The molecular formula is C20H23N3O3. The van der Waals surface area contributed by atoms with Gasteiger partial charge in [-0.2, -0.15) is 0 Å². The summed E-state index contributed by atoms with van der Waals surface area (Å²) in [5, 5.41) is 0. The molecule has 26 heavy (non-hydrogen) atoms. The van der Waals surface area contributed by atoms with Crippen LogP contribution in [0.2, 0.25) is 0 Å². The fraction of sp³-hybridized carbons (Fsp3) is 0.500. The van der Waals surface area contributed by atoms with E-state index in [-0.39, 0.29) is 11.8 Å². The van der Waals surface area contributed by atoms with Gasteiger partial charge in [0, 0.05) is 30.5 Å².